The van der Waals surface area contributed by atoms with Gasteiger partial charge in [-0.1, -0.05) is 30.3 Å². The molecule has 0 saturated heterocycles. The summed E-state index contributed by atoms with van der Waals surface area (Å²) in [6.07, 6.45) is -4.53. The lowest BCUT2D eigenvalue weighted by atomic mass is 10.1. The molecule has 0 fully saturated rings. The summed E-state index contributed by atoms with van der Waals surface area (Å²) in [5, 5.41) is 11.6. The fraction of sp³-hybridized carbons (Fsp3) is 0.305. The minimum absolute atomic E-state index is 0.00714. The molecular formula is C95H107F12N19O13S4. The van der Waals surface area contributed by atoms with Crippen LogP contribution >= 0.6 is 0 Å². The van der Waals surface area contributed by atoms with Crippen molar-refractivity contribution in [2.75, 3.05) is 151 Å². The first kappa shape index (κ1) is 112. The number of aromatic nitrogens is 11. The number of rotatable bonds is 36. The highest BCUT2D eigenvalue weighted by Crippen LogP contribution is 2.45. The molecule has 4 N–H and O–H groups in total. The molecule has 7 aromatic heterocycles. The van der Waals surface area contributed by atoms with E-state index in [0.717, 1.165) is 30.4 Å². The van der Waals surface area contributed by atoms with E-state index in [4.69, 9.17) is 37.9 Å². The van der Waals surface area contributed by atoms with Crippen LogP contribution in [0.15, 0.2) is 176 Å². The van der Waals surface area contributed by atoms with Gasteiger partial charge in [0.05, 0.1) is 108 Å². The normalized spacial score (nSPS) is 13.1. The number of hydrogen-bond acceptors (Lipinski definition) is 28. The molecule has 1 amide bonds. The lowest BCUT2D eigenvalue weighted by molar-refractivity contribution is -0.139. The number of hydrogen-bond donors (Lipinski definition) is 4. The molecule has 32 nitrogen and oxygen atoms in total. The van der Waals surface area contributed by atoms with Crippen molar-refractivity contribution in [2.24, 2.45) is 0 Å². The van der Waals surface area contributed by atoms with Gasteiger partial charge in [-0.15, -0.1) is 0 Å². The maximum atomic E-state index is 13.8. The van der Waals surface area contributed by atoms with E-state index in [0.29, 0.717) is 113 Å². The van der Waals surface area contributed by atoms with Gasteiger partial charge >= 0.3 is 24.7 Å². The van der Waals surface area contributed by atoms with Gasteiger partial charge in [0.15, 0.2) is 23.0 Å². The van der Waals surface area contributed by atoms with Gasteiger partial charge in [-0.05, 0) is 173 Å². The number of ether oxygens (including phenoxy) is 8. The molecule has 4 unspecified atom stereocenters. The number of alkyl halides is 12. The number of carbonyl (C=O) groups is 1. The molecular weight excluding hydrogens is 1970 g/mol. The Morgan fingerprint density at radius 1 is 0.350 bits per heavy atom. The summed E-state index contributed by atoms with van der Waals surface area (Å²) in [5.74, 6) is 18.6. The topological polar surface area (TPSA) is 362 Å². The van der Waals surface area contributed by atoms with E-state index in [-0.39, 0.29) is 104 Å². The van der Waals surface area contributed by atoms with Crippen molar-refractivity contribution >= 4 is 132 Å². The van der Waals surface area contributed by atoms with Gasteiger partial charge in [-0.2, -0.15) is 52.7 Å². The maximum absolute atomic E-state index is 13.8. The van der Waals surface area contributed by atoms with Crippen LogP contribution in [0.3, 0.4) is 0 Å². The Kier molecular flexibility index (Phi) is 37.6. The Morgan fingerprint density at radius 2 is 0.671 bits per heavy atom. The fourth-order valence-corrected chi connectivity index (χ4v) is 15.9. The molecule has 0 bridgehead atoms. The van der Waals surface area contributed by atoms with Crippen LogP contribution in [0.5, 0.6) is 46.0 Å². The van der Waals surface area contributed by atoms with Crippen LogP contribution < -0.4 is 72.1 Å². The second-order valence-electron chi connectivity index (χ2n) is 31.9. The van der Waals surface area contributed by atoms with Crippen LogP contribution in [0.4, 0.5) is 117 Å². The molecule has 0 radical (unpaired) electrons. The average Bonchev–Trinajstić information content (AvgIpc) is 0.799. The molecule has 0 aliphatic heterocycles. The quantitative estimate of drug-likeness (QED) is 0.0209. The van der Waals surface area contributed by atoms with Crippen molar-refractivity contribution in [1.82, 2.24) is 59.7 Å². The third kappa shape index (κ3) is 30.8. The Bertz CT molecular complexity index is 6910. The molecule has 48 heteroatoms. The zero-order valence-corrected chi connectivity index (χ0v) is 84.1. The third-order valence-electron chi connectivity index (χ3n) is 21.2. The fourth-order valence-electron chi connectivity index (χ4n) is 13.6. The minimum Gasteiger partial charge on any atom is -0.497 e. The lowest BCUT2D eigenvalue weighted by Crippen LogP contribution is -2.26. The SMILES string of the molecule is C=S(C)(=O)N(C)c1ncccc1CCc1nc(Nc2cc(OC)c(OC)c(OC)c2)ncc1C(F)(F)F.C=S(C)(=O)N(C)c1ncccc1CCc1nc(Nc2cc(OC)ccc2OC)ncc1C(F)(F)F.C=S(C)(=O)N(C)c1ncccc1CCc1nc(Nc2ccc(C(=O)N(C)C)cc2)ncc1C(F)(F)F.C=S(C)(=O)c1cccc(CCc2nc(Nc3cc(OC)c(OC)c(OC)c3)ncc2C(F)(F)F)c1. The van der Waals surface area contributed by atoms with Crippen molar-refractivity contribution < 1.29 is 112 Å². The summed E-state index contributed by atoms with van der Waals surface area (Å²) in [5.41, 5.74) is 0.342. The Balaban J connectivity index is 0.000000213. The van der Waals surface area contributed by atoms with E-state index in [1.165, 1.54) is 118 Å². The lowest BCUT2D eigenvalue weighted by Gasteiger charge is -2.22. The molecule has 12 aromatic rings. The third-order valence-corrected chi connectivity index (χ3v) is 26.4. The summed E-state index contributed by atoms with van der Waals surface area (Å²) in [6, 6.07) is 34.8. The van der Waals surface area contributed by atoms with Crippen LogP contribution in [0.25, 0.3) is 0 Å². The number of halogens is 12. The van der Waals surface area contributed by atoms with Gasteiger partial charge < -0.3 is 64.1 Å². The number of aryl methyl sites for hydroxylation is 8. The number of benzene rings is 5. The Hall–Kier alpha value is -14.4. The van der Waals surface area contributed by atoms with E-state index in [9.17, 15) is 74.3 Å². The summed E-state index contributed by atoms with van der Waals surface area (Å²) >= 11 is 0. The Labute approximate surface area is 821 Å². The van der Waals surface area contributed by atoms with Gasteiger partial charge in [0.2, 0.25) is 35.3 Å². The second kappa shape index (κ2) is 47.9. The van der Waals surface area contributed by atoms with E-state index in [1.807, 2.05) is 0 Å². The number of methoxy groups -OCH3 is 8. The van der Waals surface area contributed by atoms with Crippen molar-refractivity contribution in [3.05, 3.63) is 244 Å². The second-order valence-corrected chi connectivity index (χ2v) is 41.7. The van der Waals surface area contributed by atoms with Crippen molar-refractivity contribution in [3.63, 3.8) is 0 Å². The predicted molar refractivity (Wildman–Crippen MR) is 534 cm³/mol. The van der Waals surface area contributed by atoms with Crippen LogP contribution in [-0.4, -0.2) is 223 Å². The van der Waals surface area contributed by atoms with Gasteiger partial charge in [-0.25, -0.2) is 67.5 Å². The number of amides is 1. The van der Waals surface area contributed by atoms with Gasteiger partial charge in [0, 0.05) is 191 Å². The van der Waals surface area contributed by atoms with Gasteiger partial charge in [-0.3, -0.25) is 21.9 Å². The monoisotopic (exact) mass is 2080 g/mol. The molecule has 12 rings (SSSR count). The van der Waals surface area contributed by atoms with E-state index in [2.05, 4.69) is 99.6 Å². The largest absolute Gasteiger partial charge is 0.497 e. The predicted octanol–water partition coefficient (Wildman–Crippen LogP) is 16.8. The highest BCUT2D eigenvalue weighted by molar-refractivity contribution is 8.01. The van der Waals surface area contributed by atoms with Crippen LogP contribution in [-0.2, 0) is 115 Å². The summed E-state index contributed by atoms with van der Waals surface area (Å²) in [4.78, 5) is 58.8. The van der Waals surface area contributed by atoms with Crippen LogP contribution in [0, 0.1) is 0 Å². The first-order chi connectivity index (χ1) is 67.0. The van der Waals surface area contributed by atoms with Crippen molar-refractivity contribution in [3.8, 4) is 46.0 Å². The molecule has 4 atom stereocenters. The minimum atomic E-state index is -4.65. The average molecular weight is 2080 g/mol. The van der Waals surface area contributed by atoms with Crippen molar-refractivity contribution in [2.45, 2.75) is 81.0 Å². The van der Waals surface area contributed by atoms with Crippen LogP contribution in [0.2, 0.25) is 0 Å². The van der Waals surface area contributed by atoms with E-state index < -0.39 is 85.6 Å². The van der Waals surface area contributed by atoms with E-state index >= 15 is 0 Å². The van der Waals surface area contributed by atoms with Crippen LogP contribution in [0.1, 0.15) is 77.6 Å². The van der Waals surface area contributed by atoms with Gasteiger partial charge in [0.1, 0.15) is 29.0 Å². The molecule has 7 heterocycles. The summed E-state index contributed by atoms with van der Waals surface area (Å²) < 4.78 is 260. The molecule has 143 heavy (non-hydrogen) atoms. The zero-order chi connectivity index (χ0) is 106. The highest BCUT2D eigenvalue weighted by atomic mass is 32.2. The Morgan fingerprint density at radius 3 is 0.965 bits per heavy atom. The first-order valence-corrected chi connectivity index (χ1v) is 50.8. The number of carbonyl (C=O) groups excluding carboxylic acids is 1. The highest BCUT2D eigenvalue weighted by Gasteiger charge is 2.39. The molecule has 0 spiro atoms. The zero-order valence-electron chi connectivity index (χ0n) is 80.8. The summed E-state index contributed by atoms with van der Waals surface area (Å²) in [6.45, 7) is 0. The number of pyridine rings is 3. The number of nitrogens with zero attached hydrogens (tertiary/aromatic N) is 15. The maximum Gasteiger partial charge on any atom is 0.419 e. The smallest absolute Gasteiger partial charge is 0.419 e. The van der Waals surface area contributed by atoms with Gasteiger partial charge in [0.25, 0.3) is 5.91 Å². The first-order valence-electron chi connectivity index (χ1n) is 42.4. The number of anilines is 11. The van der Waals surface area contributed by atoms with E-state index in [1.54, 1.807) is 163 Å². The molecule has 768 valence electrons. The molecule has 0 aliphatic carbocycles. The standard InChI is InChI=1S/C24H27F3N6O2S.C24H28F3N5O4S.C24H26F3N3O4S.C23H26F3N5O3S/c1-32(2)22(34)17-8-11-18(12-9-17)30-23-29-15-19(24(25,26)27)20(31-23)13-10-16-7-6-14-28-21(16)33(3)36(4,5)35;1-32(37(5,6)33)22-15(8-7-11-28-22)9-10-18-17(24(25,26)27)14-29-23(31-18)30-16-12-19(34-2)21(36-4)20(13-16)35-3;1-32-20-12-16(13-21(33-2)22(20)34-3)29-23-28-14-18(24(25,26)27)19(30-23)10-9-15-7-6-8-17(11-15)35(4,5)31;1-31(35(4,5)32)21-15(7-6-12-27-21)8-10-18-17(23(24,25)26)14-28-22(29-18)30-19-13-16(33-2)9-11-20(19)34-3/h6-9,11-12,14-15H,4,10,13H2,1-3,5H3,(H,29,30,31);7-8,11-14H,5,9-10H2,1-4,6H3,(H,29,30,31);6-8,11-14H,4,9-10H2,1-3,5H3,(H,28,29,30);6-7,9,11-14H,4,8,10H2,1-3,5H3,(H,28,29,30). The molecule has 5 aromatic carbocycles. The van der Waals surface area contributed by atoms with Crippen molar-refractivity contribution in [1.29, 1.82) is 0 Å². The molecule has 0 aliphatic rings. The molecule has 0 saturated carbocycles. The summed E-state index contributed by atoms with van der Waals surface area (Å²) in [7, 11) is 9.39. The number of nitrogens with one attached hydrogen (secondary N) is 4.